The van der Waals surface area contributed by atoms with Crippen LogP contribution in [-0.2, 0) is 13.0 Å². The van der Waals surface area contributed by atoms with Gasteiger partial charge in [0, 0.05) is 12.5 Å². The first-order valence-electron chi connectivity index (χ1n) is 7.59. The number of aromatic nitrogens is 2. The van der Waals surface area contributed by atoms with Gasteiger partial charge in [-0.1, -0.05) is 19.0 Å². The van der Waals surface area contributed by atoms with Crippen molar-refractivity contribution in [2.24, 2.45) is 0 Å². The van der Waals surface area contributed by atoms with Crippen molar-refractivity contribution in [1.82, 2.24) is 20.4 Å². The predicted octanol–water partition coefficient (Wildman–Crippen LogP) is 1.99. The minimum absolute atomic E-state index is 0.655. The molecule has 0 saturated carbocycles. The fraction of sp³-hybridized carbons (Fsp3) is 0.857. The lowest BCUT2D eigenvalue weighted by molar-refractivity contribution is 0.137. The van der Waals surface area contributed by atoms with Gasteiger partial charge in [0.2, 0.25) is 5.89 Å². The number of nitrogens with zero attached hydrogens (tertiary/aromatic N) is 3. The van der Waals surface area contributed by atoms with Crippen LogP contribution in [0.25, 0.3) is 0 Å². The summed E-state index contributed by atoms with van der Waals surface area (Å²) in [6.07, 6.45) is 5.57. The Hall–Kier alpha value is -0.940. The summed E-state index contributed by atoms with van der Waals surface area (Å²) in [6, 6.07) is 0.655. The van der Waals surface area contributed by atoms with Gasteiger partial charge in [0.25, 0.3) is 0 Å². The van der Waals surface area contributed by atoms with E-state index in [0.717, 1.165) is 50.7 Å². The lowest BCUT2D eigenvalue weighted by atomic mass is 10.0. The van der Waals surface area contributed by atoms with E-state index in [1.54, 1.807) is 0 Å². The zero-order chi connectivity index (χ0) is 13.5. The minimum Gasteiger partial charge on any atom is -0.338 e. The molecule has 0 spiro atoms. The molecule has 2 rings (SSSR count). The van der Waals surface area contributed by atoms with E-state index in [2.05, 4.69) is 34.2 Å². The maximum Gasteiger partial charge on any atom is 0.240 e. The van der Waals surface area contributed by atoms with Gasteiger partial charge in [-0.25, -0.2) is 0 Å². The van der Waals surface area contributed by atoms with Crippen LogP contribution in [0, 0.1) is 0 Å². The predicted molar refractivity (Wildman–Crippen MR) is 74.9 cm³/mol. The van der Waals surface area contributed by atoms with Gasteiger partial charge in [0.05, 0.1) is 6.54 Å². The van der Waals surface area contributed by atoms with E-state index >= 15 is 0 Å². The van der Waals surface area contributed by atoms with Crippen molar-refractivity contribution in [3.63, 3.8) is 0 Å². The molecule has 1 saturated heterocycles. The van der Waals surface area contributed by atoms with Gasteiger partial charge in [0.15, 0.2) is 5.82 Å². The molecule has 1 aliphatic heterocycles. The summed E-state index contributed by atoms with van der Waals surface area (Å²) < 4.78 is 5.37. The van der Waals surface area contributed by atoms with E-state index in [9.17, 15) is 0 Å². The Morgan fingerprint density at radius 3 is 2.74 bits per heavy atom. The lowest BCUT2D eigenvalue weighted by Gasteiger charge is -2.33. The highest BCUT2D eigenvalue weighted by atomic mass is 16.5. The molecule has 1 aliphatic rings. The van der Waals surface area contributed by atoms with E-state index in [1.165, 1.54) is 19.3 Å². The molecule has 19 heavy (non-hydrogen) atoms. The Bertz CT molecular complexity index is 360. The standard InChI is InChI=1S/C14H26N4O/c1-3-5-13-16-14(19-17-13)11-18(10-4-2)12-6-8-15-9-7-12/h12,15H,3-11H2,1-2H3. The van der Waals surface area contributed by atoms with Crippen molar-refractivity contribution in [3.8, 4) is 0 Å². The monoisotopic (exact) mass is 266 g/mol. The summed E-state index contributed by atoms with van der Waals surface area (Å²) in [6.45, 7) is 8.51. The van der Waals surface area contributed by atoms with Crippen LogP contribution >= 0.6 is 0 Å². The van der Waals surface area contributed by atoms with Crippen LogP contribution in [0.5, 0.6) is 0 Å². The van der Waals surface area contributed by atoms with Gasteiger partial charge >= 0.3 is 0 Å². The number of rotatable bonds is 7. The second kappa shape index (κ2) is 7.60. The van der Waals surface area contributed by atoms with Crippen LogP contribution in [0.4, 0.5) is 0 Å². The average Bonchev–Trinajstić information content (AvgIpc) is 2.87. The summed E-state index contributed by atoms with van der Waals surface area (Å²) in [7, 11) is 0. The summed E-state index contributed by atoms with van der Waals surface area (Å²) in [5.74, 6) is 1.62. The van der Waals surface area contributed by atoms with Crippen LogP contribution in [0.15, 0.2) is 4.52 Å². The molecule has 5 nitrogen and oxygen atoms in total. The van der Waals surface area contributed by atoms with Crippen molar-refractivity contribution < 1.29 is 4.52 Å². The zero-order valence-electron chi connectivity index (χ0n) is 12.2. The molecular formula is C14H26N4O. The molecule has 1 aromatic heterocycles. The fourth-order valence-corrected chi connectivity index (χ4v) is 2.70. The zero-order valence-corrected chi connectivity index (χ0v) is 12.2. The summed E-state index contributed by atoms with van der Waals surface area (Å²) in [4.78, 5) is 6.99. The maximum absolute atomic E-state index is 5.37. The van der Waals surface area contributed by atoms with E-state index in [0.29, 0.717) is 6.04 Å². The Kier molecular flexibility index (Phi) is 5.79. The number of hydrogen-bond donors (Lipinski definition) is 1. The van der Waals surface area contributed by atoms with E-state index in [-0.39, 0.29) is 0 Å². The van der Waals surface area contributed by atoms with Crippen LogP contribution in [0.2, 0.25) is 0 Å². The number of piperidine rings is 1. The second-order valence-electron chi connectivity index (χ2n) is 5.31. The fourth-order valence-electron chi connectivity index (χ4n) is 2.70. The van der Waals surface area contributed by atoms with Crippen LogP contribution in [0.3, 0.4) is 0 Å². The summed E-state index contributed by atoms with van der Waals surface area (Å²) >= 11 is 0. The van der Waals surface area contributed by atoms with E-state index in [4.69, 9.17) is 4.52 Å². The molecule has 1 fully saturated rings. The Balaban J connectivity index is 1.94. The number of nitrogens with one attached hydrogen (secondary N) is 1. The van der Waals surface area contributed by atoms with Crippen LogP contribution in [0.1, 0.15) is 51.2 Å². The third-order valence-corrected chi connectivity index (χ3v) is 3.66. The van der Waals surface area contributed by atoms with Gasteiger partial charge < -0.3 is 9.84 Å². The third kappa shape index (κ3) is 4.28. The second-order valence-corrected chi connectivity index (χ2v) is 5.31. The summed E-state index contributed by atoms with van der Waals surface area (Å²) in [5.41, 5.74) is 0. The van der Waals surface area contributed by atoms with Crippen LogP contribution < -0.4 is 5.32 Å². The van der Waals surface area contributed by atoms with Crippen molar-refractivity contribution in [1.29, 1.82) is 0 Å². The molecule has 1 N–H and O–H groups in total. The molecule has 2 heterocycles. The highest BCUT2D eigenvalue weighted by molar-refractivity contribution is 4.88. The summed E-state index contributed by atoms with van der Waals surface area (Å²) in [5, 5.41) is 7.46. The molecule has 0 amide bonds. The molecule has 1 aromatic rings. The van der Waals surface area contributed by atoms with E-state index in [1.807, 2.05) is 0 Å². The van der Waals surface area contributed by atoms with Crippen molar-refractivity contribution in [2.75, 3.05) is 19.6 Å². The Labute approximate surface area is 115 Å². The molecule has 0 bridgehead atoms. The SMILES string of the molecule is CCCc1noc(CN(CCC)C2CCNCC2)n1. The van der Waals surface area contributed by atoms with Crippen LogP contribution in [-0.4, -0.2) is 40.7 Å². The molecule has 0 atom stereocenters. The van der Waals surface area contributed by atoms with Gasteiger partial charge in [-0.15, -0.1) is 0 Å². The maximum atomic E-state index is 5.37. The van der Waals surface area contributed by atoms with Gasteiger partial charge in [-0.2, -0.15) is 4.98 Å². The normalized spacial score (nSPS) is 17.2. The molecule has 0 radical (unpaired) electrons. The van der Waals surface area contributed by atoms with E-state index < -0.39 is 0 Å². The first-order valence-corrected chi connectivity index (χ1v) is 7.59. The average molecular weight is 266 g/mol. The lowest BCUT2D eigenvalue weighted by Crippen LogP contribution is -2.43. The smallest absolute Gasteiger partial charge is 0.240 e. The Morgan fingerprint density at radius 1 is 1.26 bits per heavy atom. The first kappa shape index (κ1) is 14.5. The molecule has 0 unspecified atom stereocenters. The minimum atomic E-state index is 0.655. The number of aryl methyl sites for hydroxylation is 1. The van der Waals surface area contributed by atoms with Crippen molar-refractivity contribution >= 4 is 0 Å². The van der Waals surface area contributed by atoms with Gasteiger partial charge in [-0.3, -0.25) is 4.90 Å². The quantitative estimate of drug-likeness (QED) is 0.818. The molecule has 108 valence electrons. The van der Waals surface area contributed by atoms with Crippen molar-refractivity contribution in [2.45, 2.75) is 58.5 Å². The third-order valence-electron chi connectivity index (χ3n) is 3.66. The molecule has 0 aliphatic carbocycles. The first-order chi connectivity index (χ1) is 9.33. The Morgan fingerprint density at radius 2 is 2.05 bits per heavy atom. The topological polar surface area (TPSA) is 54.2 Å². The highest BCUT2D eigenvalue weighted by Gasteiger charge is 2.22. The molecule has 0 aromatic carbocycles. The number of hydrogen-bond acceptors (Lipinski definition) is 5. The van der Waals surface area contributed by atoms with Crippen molar-refractivity contribution in [3.05, 3.63) is 11.7 Å². The largest absolute Gasteiger partial charge is 0.338 e. The van der Waals surface area contributed by atoms with Gasteiger partial charge in [-0.05, 0) is 45.3 Å². The van der Waals surface area contributed by atoms with Gasteiger partial charge in [0.1, 0.15) is 0 Å². The highest BCUT2D eigenvalue weighted by Crippen LogP contribution is 2.15. The molecular weight excluding hydrogens is 240 g/mol. The molecule has 5 heteroatoms.